The Morgan fingerprint density at radius 1 is 0.356 bits per heavy atom. The molecule has 0 amide bonds. The molecule has 90 heavy (non-hydrogen) atoms. The summed E-state index contributed by atoms with van der Waals surface area (Å²) in [5.74, 6) is -0.824. The number of likely N-dealkylation sites (N-methyl/N-ethyl adjacent to an activating group) is 1. The quantitative estimate of drug-likeness (QED) is 0.0195. The van der Waals surface area contributed by atoms with E-state index in [4.69, 9.17) is 18.5 Å². The summed E-state index contributed by atoms with van der Waals surface area (Å²) in [5.41, 5.74) is 0. The van der Waals surface area contributed by atoms with Crippen molar-refractivity contribution in [3.63, 3.8) is 0 Å². The van der Waals surface area contributed by atoms with E-state index in [0.717, 1.165) is 89.9 Å². The molecule has 0 bridgehead atoms. The van der Waals surface area contributed by atoms with E-state index in [2.05, 4.69) is 123 Å². The van der Waals surface area contributed by atoms with Crippen molar-refractivity contribution in [2.45, 2.75) is 341 Å². The number of hydrogen-bond donors (Lipinski definition) is 0. The monoisotopic (exact) mass is 1280 g/mol. The van der Waals surface area contributed by atoms with Crippen LogP contribution < -0.4 is 4.89 Å². The minimum Gasteiger partial charge on any atom is -0.756 e. The SMILES string of the molecule is CC/C=C\C/C=C\C/C=C\C/C=C\C/C=C\C/C=C\CCCCCCCCCCCCCCCCCCCCC(=O)OC(COC(=O)CCCCCCCCCCCCCCCC/C=C\C/C=C\C/C=C\CCCCCCC)COP(=O)([O-])OCC[N+](C)(C)C. The van der Waals surface area contributed by atoms with Gasteiger partial charge in [-0.25, -0.2) is 0 Å². The molecule has 0 aliphatic rings. The third kappa shape index (κ3) is 73.7. The topological polar surface area (TPSA) is 111 Å². The van der Waals surface area contributed by atoms with Crippen LogP contribution in [-0.4, -0.2) is 70.0 Å². The van der Waals surface area contributed by atoms with Crippen molar-refractivity contribution in [2.75, 3.05) is 47.5 Å². The van der Waals surface area contributed by atoms with Crippen molar-refractivity contribution in [3.05, 3.63) is 109 Å². The van der Waals surface area contributed by atoms with Crippen molar-refractivity contribution >= 4 is 19.8 Å². The first-order chi connectivity index (χ1) is 44.0. The van der Waals surface area contributed by atoms with Crippen LogP contribution >= 0.6 is 7.82 Å². The molecule has 9 nitrogen and oxygen atoms in total. The molecule has 0 saturated heterocycles. The summed E-state index contributed by atoms with van der Waals surface area (Å²) in [4.78, 5) is 38.1. The van der Waals surface area contributed by atoms with Crippen molar-refractivity contribution in [2.24, 2.45) is 0 Å². The standard InChI is InChI=1S/C80H142NO8P/c1-6-8-10-12-14-16-18-20-22-24-26-28-30-32-34-36-37-38-39-40-41-42-43-45-47-49-51-53-55-57-59-61-63-65-67-69-71-73-80(83)89-78(77-88-90(84,85)87-75-74-81(3,4)5)76-86-79(82)72-70-68-66-64-62-60-58-56-54-52-50-48-46-44-35-33-31-29-27-25-23-21-19-17-15-13-11-9-7-2/h8,10,14,16,19-22,25-28,31-34,37-38,78H,6-7,9,11-13,15,17-18,23-24,29-30,35-36,39-77H2,1-5H3/b10-8-,16-14-,21-19-,22-20-,27-25-,28-26-,33-31-,34-32-,38-37-. The minimum absolute atomic E-state index is 0.0328. The maximum absolute atomic E-state index is 12.9. The van der Waals surface area contributed by atoms with E-state index in [-0.39, 0.29) is 32.0 Å². The van der Waals surface area contributed by atoms with Gasteiger partial charge in [0.05, 0.1) is 27.7 Å². The highest BCUT2D eigenvalue weighted by Crippen LogP contribution is 2.38. The third-order valence-electron chi connectivity index (χ3n) is 16.3. The molecule has 0 fully saturated rings. The number of ether oxygens (including phenoxy) is 2. The Hall–Kier alpha value is -3.33. The molecule has 0 aromatic heterocycles. The van der Waals surface area contributed by atoms with Gasteiger partial charge in [-0.3, -0.25) is 14.2 Å². The Bertz CT molecular complexity index is 1890. The van der Waals surface area contributed by atoms with Crippen molar-refractivity contribution in [1.82, 2.24) is 0 Å². The molecular weight excluding hydrogens is 1130 g/mol. The lowest BCUT2D eigenvalue weighted by Gasteiger charge is -2.28. The normalized spacial score (nSPS) is 13.7. The van der Waals surface area contributed by atoms with Gasteiger partial charge in [0, 0.05) is 12.8 Å². The summed E-state index contributed by atoms with van der Waals surface area (Å²) < 4.78 is 34.4. The average molecular weight is 1280 g/mol. The summed E-state index contributed by atoms with van der Waals surface area (Å²) in [5, 5.41) is 0. The molecule has 0 aromatic rings. The predicted octanol–water partition coefficient (Wildman–Crippen LogP) is 24.2. The second-order valence-electron chi connectivity index (χ2n) is 26.3. The number of quaternary nitrogens is 1. The number of carbonyl (C=O) groups is 2. The molecule has 0 saturated carbocycles. The third-order valence-corrected chi connectivity index (χ3v) is 17.2. The van der Waals surface area contributed by atoms with Crippen LogP contribution in [-0.2, 0) is 32.7 Å². The van der Waals surface area contributed by atoms with E-state index in [1.807, 2.05) is 21.1 Å². The van der Waals surface area contributed by atoms with Gasteiger partial charge >= 0.3 is 11.9 Å². The summed E-state index contributed by atoms with van der Waals surface area (Å²) in [6.07, 6.45) is 99.0. The van der Waals surface area contributed by atoms with Crippen molar-refractivity contribution < 1.29 is 42.1 Å². The number of hydrogen-bond acceptors (Lipinski definition) is 8. The molecule has 0 aliphatic carbocycles. The first-order valence-electron chi connectivity index (χ1n) is 37.6. The fraction of sp³-hybridized carbons (Fsp3) is 0.750. The van der Waals surface area contributed by atoms with Crippen LogP contribution in [0.25, 0.3) is 0 Å². The van der Waals surface area contributed by atoms with Gasteiger partial charge in [-0.05, 0) is 103 Å². The number of phosphoric acid groups is 1. The van der Waals surface area contributed by atoms with Crippen LogP contribution in [0.1, 0.15) is 335 Å². The van der Waals surface area contributed by atoms with E-state index in [0.29, 0.717) is 17.4 Å². The molecular formula is C80H142NO8P. The predicted molar refractivity (Wildman–Crippen MR) is 388 cm³/mol. The molecule has 10 heteroatoms. The molecule has 0 spiro atoms. The number of carbonyl (C=O) groups excluding carboxylic acids is 2. The van der Waals surface area contributed by atoms with Crippen LogP contribution in [0.2, 0.25) is 0 Å². The number of nitrogens with zero attached hydrogens (tertiary/aromatic N) is 1. The molecule has 2 unspecified atom stereocenters. The molecule has 520 valence electrons. The highest BCUT2D eigenvalue weighted by atomic mass is 31.2. The lowest BCUT2D eigenvalue weighted by molar-refractivity contribution is -0.870. The molecule has 2 atom stereocenters. The Labute approximate surface area is 556 Å². The summed E-state index contributed by atoms with van der Waals surface area (Å²) in [6, 6.07) is 0. The molecule has 0 aliphatic heterocycles. The Morgan fingerprint density at radius 2 is 0.633 bits per heavy atom. The summed E-state index contributed by atoms with van der Waals surface area (Å²) in [6.45, 7) is 4.15. The lowest BCUT2D eigenvalue weighted by Crippen LogP contribution is -2.37. The Kier molecular flexibility index (Phi) is 67.4. The van der Waals surface area contributed by atoms with E-state index >= 15 is 0 Å². The second kappa shape index (κ2) is 70.0. The highest BCUT2D eigenvalue weighted by Gasteiger charge is 2.22. The molecule has 0 N–H and O–H groups in total. The van der Waals surface area contributed by atoms with Crippen molar-refractivity contribution in [3.8, 4) is 0 Å². The summed E-state index contributed by atoms with van der Waals surface area (Å²) >= 11 is 0. The number of esters is 2. The van der Waals surface area contributed by atoms with Crippen LogP contribution in [0.5, 0.6) is 0 Å². The first kappa shape index (κ1) is 86.7. The fourth-order valence-electron chi connectivity index (χ4n) is 10.6. The average Bonchev–Trinajstić information content (AvgIpc) is 3.58. The van der Waals surface area contributed by atoms with Gasteiger partial charge in [0.2, 0.25) is 0 Å². The maximum atomic E-state index is 12.9. The van der Waals surface area contributed by atoms with Gasteiger partial charge in [0.15, 0.2) is 6.10 Å². The number of unbranched alkanes of at least 4 members (excludes halogenated alkanes) is 37. The van der Waals surface area contributed by atoms with Gasteiger partial charge in [-0.2, -0.15) is 0 Å². The zero-order valence-corrected chi connectivity index (χ0v) is 60.2. The van der Waals surface area contributed by atoms with Gasteiger partial charge in [0.25, 0.3) is 7.82 Å². The largest absolute Gasteiger partial charge is 0.756 e. The van der Waals surface area contributed by atoms with E-state index in [1.54, 1.807) is 0 Å². The number of allylic oxidation sites excluding steroid dienone is 18. The van der Waals surface area contributed by atoms with Gasteiger partial charge in [-0.1, -0.05) is 329 Å². The second-order valence-corrected chi connectivity index (χ2v) is 27.7. The van der Waals surface area contributed by atoms with E-state index < -0.39 is 26.5 Å². The Morgan fingerprint density at radius 3 is 0.944 bits per heavy atom. The van der Waals surface area contributed by atoms with Gasteiger partial charge in [0.1, 0.15) is 19.8 Å². The van der Waals surface area contributed by atoms with Crippen LogP contribution in [0.4, 0.5) is 0 Å². The van der Waals surface area contributed by atoms with Gasteiger partial charge < -0.3 is 27.9 Å². The van der Waals surface area contributed by atoms with E-state index in [1.165, 1.54) is 212 Å². The molecule has 0 aromatic carbocycles. The number of rotatable bonds is 69. The zero-order valence-electron chi connectivity index (χ0n) is 59.3. The van der Waals surface area contributed by atoms with E-state index in [9.17, 15) is 19.0 Å². The maximum Gasteiger partial charge on any atom is 0.306 e. The zero-order chi connectivity index (χ0) is 65.5. The van der Waals surface area contributed by atoms with Crippen molar-refractivity contribution in [1.29, 1.82) is 0 Å². The molecule has 0 radical (unpaired) electrons. The first-order valence-corrected chi connectivity index (χ1v) is 39.1. The van der Waals surface area contributed by atoms with Crippen LogP contribution in [0, 0.1) is 0 Å². The molecule has 0 heterocycles. The van der Waals surface area contributed by atoms with Gasteiger partial charge in [-0.15, -0.1) is 0 Å². The highest BCUT2D eigenvalue weighted by molar-refractivity contribution is 7.45. The fourth-order valence-corrected chi connectivity index (χ4v) is 11.3. The smallest absolute Gasteiger partial charge is 0.306 e. The minimum atomic E-state index is -4.65. The Balaban J connectivity index is 4.00. The van der Waals surface area contributed by atoms with Crippen LogP contribution in [0.3, 0.4) is 0 Å². The molecule has 0 rings (SSSR count). The lowest BCUT2D eigenvalue weighted by atomic mass is 10.0. The van der Waals surface area contributed by atoms with Crippen LogP contribution in [0.15, 0.2) is 109 Å². The number of phosphoric ester groups is 1. The summed E-state index contributed by atoms with van der Waals surface area (Å²) in [7, 11) is 1.17.